The van der Waals surface area contributed by atoms with Crippen LogP contribution in [0, 0.1) is 10.1 Å². The molecule has 0 aliphatic carbocycles. The van der Waals surface area contributed by atoms with Crippen molar-refractivity contribution in [2.45, 2.75) is 11.4 Å². The number of halogens is 2. The third-order valence-electron chi connectivity index (χ3n) is 1.87. The average molecular weight is 371 g/mol. The average Bonchev–Trinajstić information content (AvgIpc) is 2.27. The minimum Gasteiger partial charge on any atom is -0.462 e. The lowest BCUT2D eigenvalue weighted by molar-refractivity contribution is -0.385. The number of nitrogens with zero attached hydrogens (tertiary/aromatic N) is 2. The highest BCUT2D eigenvalue weighted by Gasteiger charge is 2.26. The molecule has 0 N–H and O–H groups in total. The van der Waals surface area contributed by atoms with Gasteiger partial charge in [0.05, 0.1) is 11.5 Å². The van der Waals surface area contributed by atoms with Crippen LogP contribution in [0.3, 0.4) is 0 Å². The van der Waals surface area contributed by atoms with E-state index in [2.05, 4.69) is 4.98 Å². The molecular formula is C9H8ClIN2O4. The highest BCUT2D eigenvalue weighted by Crippen LogP contribution is 2.31. The summed E-state index contributed by atoms with van der Waals surface area (Å²) < 4.78 is 5.06. The molecule has 0 aliphatic heterocycles. The number of aromatic nitrogens is 1. The number of hydrogen-bond donors (Lipinski definition) is 0. The minimum absolute atomic E-state index is 0.0891. The number of esters is 1. The van der Waals surface area contributed by atoms with Crippen molar-refractivity contribution in [2.75, 3.05) is 6.61 Å². The maximum Gasteiger partial charge on any atom is 0.341 e. The molecule has 92 valence electrons. The number of carbonyl (C=O) groups excluding carboxylic acids is 1. The van der Waals surface area contributed by atoms with Gasteiger partial charge in [0.2, 0.25) is 0 Å². The van der Waals surface area contributed by atoms with Crippen molar-refractivity contribution in [1.82, 2.24) is 4.98 Å². The Morgan fingerprint density at radius 2 is 2.35 bits per heavy atom. The standard InChI is InChI=1S/C9H8ClIN2O4/c1-2-17-9(14)5-4-12-6(3-11)8(7(5)10)13(15)16/h4H,2-3H2,1H3. The van der Waals surface area contributed by atoms with E-state index in [-0.39, 0.29) is 28.6 Å². The first-order valence-corrected chi connectivity index (χ1v) is 6.48. The molecule has 0 radical (unpaired) electrons. The fourth-order valence-corrected chi connectivity index (χ4v) is 2.01. The van der Waals surface area contributed by atoms with Crippen molar-refractivity contribution >= 4 is 45.8 Å². The molecule has 0 amide bonds. The Labute approximate surface area is 116 Å². The van der Waals surface area contributed by atoms with Gasteiger partial charge in [-0.05, 0) is 6.92 Å². The summed E-state index contributed by atoms with van der Waals surface area (Å²) >= 11 is 7.77. The molecular weight excluding hydrogens is 362 g/mol. The van der Waals surface area contributed by atoms with Gasteiger partial charge in [-0.3, -0.25) is 15.1 Å². The molecule has 1 aromatic rings. The summed E-state index contributed by atoms with van der Waals surface area (Å²) in [5.74, 6) is -0.715. The number of alkyl halides is 1. The lowest BCUT2D eigenvalue weighted by Gasteiger charge is -2.06. The van der Waals surface area contributed by atoms with E-state index in [1.54, 1.807) is 6.92 Å². The molecule has 1 heterocycles. The number of nitro groups is 1. The fourth-order valence-electron chi connectivity index (χ4n) is 1.15. The van der Waals surface area contributed by atoms with Gasteiger partial charge in [0.25, 0.3) is 0 Å². The van der Waals surface area contributed by atoms with E-state index in [1.165, 1.54) is 6.20 Å². The van der Waals surface area contributed by atoms with E-state index < -0.39 is 10.9 Å². The molecule has 6 nitrogen and oxygen atoms in total. The van der Waals surface area contributed by atoms with Gasteiger partial charge in [0.1, 0.15) is 16.3 Å². The number of pyridine rings is 1. The summed E-state index contributed by atoms with van der Waals surface area (Å²) in [6.07, 6.45) is 1.20. The molecule has 0 aliphatic rings. The first-order chi connectivity index (χ1) is 8.02. The van der Waals surface area contributed by atoms with Crippen LogP contribution in [-0.2, 0) is 9.16 Å². The summed E-state index contributed by atoms with van der Waals surface area (Å²) in [6, 6.07) is 0. The SMILES string of the molecule is CCOC(=O)c1cnc(CI)c([N+](=O)[O-])c1Cl. The zero-order valence-corrected chi connectivity index (χ0v) is 11.7. The molecule has 1 rings (SSSR count). The molecule has 17 heavy (non-hydrogen) atoms. The molecule has 0 spiro atoms. The van der Waals surface area contributed by atoms with Crippen molar-refractivity contribution in [2.24, 2.45) is 0 Å². The lowest BCUT2D eigenvalue weighted by Crippen LogP contribution is -2.09. The lowest BCUT2D eigenvalue weighted by atomic mass is 10.2. The van der Waals surface area contributed by atoms with Crippen molar-refractivity contribution < 1.29 is 14.5 Å². The fraction of sp³-hybridized carbons (Fsp3) is 0.333. The zero-order valence-electron chi connectivity index (χ0n) is 8.77. The molecule has 0 aromatic carbocycles. The van der Waals surface area contributed by atoms with Gasteiger partial charge in [-0.1, -0.05) is 34.2 Å². The molecule has 0 saturated heterocycles. The van der Waals surface area contributed by atoms with Gasteiger partial charge < -0.3 is 4.74 Å². The van der Waals surface area contributed by atoms with Crippen molar-refractivity contribution in [3.05, 3.63) is 32.6 Å². The monoisotopic (exact) mass is 370 g/mol. The maximum atomic E-state index is 11.5. The van der Waals surface area contributed by atoms with Crippen LogP contribution >= 0.6 is 34.2 Å². The molecule has 1 aromatic heterocycles. The quantitative estimate of drug-likeness (QED) is 0.268. The molecule has 0 unspecified atom stereocenters. The zero-order chi connectivity index (χ0) is 13.0. The Morgan fingerprint density at radius 1 is 1.71 bits per heavy atom. The molecule has 0 fully saturated rings. The van der Waals surface area contributed by atoms with Crippen LogP contribution in [0.5, 0.6) is 0 Å². The first-order valence-electron chi connectivity index (χ1n) is 4.57. The van der Waals surface area contributed by atoms with Crippen molar-refractivity contribution in [1.29, 1.82) is 0 Å². The second-order valence-corrected chi connectivity index (χ2v) is 4.03. The van der Waals surface area contributed by atoms with Gasteiger partial charge >= 0.3 is 11.7 Å². The van der Waals surface area contributed by atoms with Gasteiger partial charge in [-0.2, -0.15) is 0 Å². The van der Waals surface area contributed by atoms with Crippen molar-refractivity contribution in [3.63, 3.8) is 0 Å². The van der Waals surface area contributed by atoms with Crippen LogP contribution in [0.25, 0.3) is 0 Å². The molecule has 8 heteroatoms. The van der Waals surface area contributed by atoms with Gasteiger partial charge in [-0.15, -0.1) is 0 Å². The topological polar surface area (TPSA) is 82.3 Å². The second kappa shape index (κ2) is 6.10. The summed E-state index contributed by atoms with van der Waals surface area (Å²) in [5, 5.41) is 10.6. The Morgan fingerprint density at radius 3 is 2.82 bits per heavy atom. The summed E-state index contributed by atoms with van der Waals surface area (Å²) in [4.78, 5) is 25.5. The molecule has 0 atom stereocenters. The van der Waals surface area contributed by atoms with E-state index >= 15 is 0 Å². The third kappa shape index (κ3) is 3.03. The number of ether oxygens (including phenoxy) is 1. The first kappa shape index (κ1) is 14.1. The van der Waals surface area contributed by atoms with E-state index in [1.807, 2.05) is 22.6 Å². The van der Waals surface area contributed by atoms with Crippen LogP contribution in [0.1, 0.15) is 23.0 Å². The largest absolute Gasteiger partial charge is 0.462 e. The normalized spacial score (nSPS) is 10.1. The van der Waals surface area contributed by atoms with Crippen LogP contribution in [-0.4, -0.2) is 22.5 Å². The summed E-state index contributed by atoms with van der Waals surface area (Å²) in [5.41, 5.74) is -0.200. The number of carbonyl (C=O) groups is 1. The molecule has 0 saturated carbocycles. The van der Waals surface area contributed by atoms with Crippen molar-refractivity contribution in [3.8, 4) is 0 Å². The highest BCUT2D eigenvalue weighted by molar-refractivity contribution is 14.1. The predicted molar refractivity (Wildman–Crippen MR) is 69.6 cm³/mol. The van der Waals surface area contributed by atoms with E-state index in [0.29, 0.717) is 4.43 Å². The Balaban J connectivity index is 3.32. The van der Waals surface area contributed by atoms with Gasteiger partial charge in [-0.25, -0.2) is 4.79 Å². The van der Waals surface area contributed by atoms with Crippen LogP contribution in [0.4, 0.5) is 5.69 Å². The van der Waals surface area contributed by atoms with Gasteiger partial charge in [0.15, 0.2) is 0 Å². The second-order valence-electron chi connectivity index (χ2n) is 2.89. The van der Waals surface area contributed by atoms with Crippen LogP contribution in [0.15, 0.2) is 6.20 Å². The van der Waals surface area contributed by atoms with E-state index in [0.717, 1.165) is 0 Å². The third-order valence-corrected chi connectivity index (χ3v) is 2.98. The van der Waals surface area contributed by atoms with Gasteiger partial charge in [0, 0.05) is 10.6 Å². The predicted octanol–water partition coefficient (Wildman–Crippen LogP) is 2.75. The summed E-state index contributed by atoms with van der Waals surface area (Å²) in [6.45, 7) is 1.80. The van der Waals surface area contributed by atoms with Crippen LogP contribution in [0.2, 0.25) is 5.02 Å². The highest BCUT2D eigenvalue weighted by atomic mass is 127. The maximum absolute atomic E-state index is 11.5. The van der Waals surface area contributed by atoms with E-state index in [9.17, 15) is 14.9 Å². The van der Waals surface area contributed by atoms with Crippen LogP contribution < -0.4 is 0 Å². The Kier molecular flexibility index (Phi) is 5.06. The van der Waals surface area contributed by atoms with E-state index in [4.69, 9.17) is 16.3 Å². The smallest absolute Gasteiger partial charge is 0.341 e. The Bertz CT molecular complexity index is 467. The minimum atomic E-state index is -0.715. The summed E-state index contributed by atoms with van der Waals surface area (Å²) in [7, 11) is 0. The molecule has 0 bridgehead atoms. The number of hydrogen-bond acceptors (Lipinski definition) is 5. The number of rotatable bonds is 4. The Hall–Kier alpha value is -0.960.